The van der Waals surface area contributed by atoms with E-state index in [1.807, 2.05) is 37.3 Å². The Morgan fingerprint density at radius 2 is 1.69 bits per heavy atom. The van der Waals surface area contributed by atoms with E-state index in [1.165, 1.54) is 0 Å². The Bertz CT molecular complexity index is 775. The van der Waals surface area contributed by atoms with Crippen LogP contribution in [0.5, 0.6) is 11.5 Å². The number of ether oxygens (including phenoxy) is 2. The third kappa shape index (κ3) is 3.79. The standard InChI is InChI=1S/C20H21NO5/c1-2-25-15-8-10-16(11-9-15)26-13-18(22)21-20(19(23)24)12-17(20)14-6-4-3-5-7-14/h3-11,17H,2,12-13H2,1H3,(H,21,22)(H,23,24). The van der Waals surface area contributed by atoms with Gasteiger partial charge in [0.15, 0.2) is 6.61 Å². The third-order valence-corrected chi connectivity index (χ3v) is 4.41. The van der Waals surface area contributed by atoms with Crippen LogP contribution in [0, 0.1) is 0 Å². The van der Waals surface area contributed by atoms with E-state index >= 15 is 0 Å². The van der Waals surface area contributed by atoms with Crippen molar-refractivity contribution in [2.75, 3.05) is 13.2 Å². The van der Waals surface area contributed by atoms with E-state index in [0.29, 0.717) is 18.8 Å². The monoisotopic (exact) mass is 355 g/mol. The molecule has 1 aliphatic carbocycles. The lowest BCUT2D eigenvalue weighted by atomic mass is 10.1. The van der Waals surface area contributed by atoms with E-state index in [4.69, 9.17) is 9.47 Å². The molecule has 1 aliphatic rings. The highest BCUT2D eigenvalue weighted by molar-refractivity contribution is 5.92. The fourth-order valence-electron chi connectivity index (χ4n) is 3.01. The molecule has 0 spiro atoms. The molecule has 0 heterocycles. The number of carboxylic acid groups (broad SMARTS) is 1. The molecular formula is C20H21NO5. The van der Waals surface area contributed by atoms with Crippen molar-refractivity contribution < 1.29 is 24.2 Å². The number of aliphatic carboxylic acids is 1. The molecule has 2 N–H and O–H groups in total. The van der Waals surface area contributed by atoms with E-state index in [0.717, 1.165) is 11.3 Å². The molecule has 0 aliphatic heterocycles. The predicted molar refractivity (Wildman–Crippen MR) is 95.4 cm³/mol. The van der Waals surface area contributed by atoms with Gasteiger partial charge in [-0.25, -0.2) is 4.79 Å². The summed E-state index contributed by atoms with van der Waals surface area (Å²) in [6, 6.07) is 16.2. The van der Waals surface area contributed by atoms with E-state index in [-0.39, 0.29) is 12.5 Å². The number of rotatable bonds is 8. The number of carbonyl (C=O) groups is 2. The normalized spacial score (nSPS) is 20.9. The topological polar surface area (TPSA) is 84.9 Å². The SMILES string of the molecule is CCOc1ccc(OCC(=O)NC2(C(=O)O)CC2c2ccccc2)cc1. The van der Waals surface area contributed by atoms with E-state index < -0.39 is 17.4 Å². The first-order valence-electron chi connectivity index (χ1n) is 8.50. The summed E-state index contributed by atoms with van der Waals surface area (Å²) in [5.41, 5.74) is -0.344. The van der Waals surface area contributed by atoms with Crippen molar-refractivity contribution in [2.45, 2.75) is 24.8 Å². The Morgan fingerprint density at radius 1 is 1.08 bits per heavy atom. The van der Waals surface area contributed by atoms with Gasteiger partial charge in [0, 0.05) is 5.92 Å². The fourth-order valence-corrected chi connectivity index (χ4v) is 3.01. The van der Waals surface area contributed by atoms with Gasteiger partial charge >= 0.3 is 5.97 Å². The van der Waals surface area contributed by atoms with Crippen molar-refractivity contribution in [2.24, 2.45) is 0 Å². The van der Waals surface area contributed by atoms with Gasteiger partial charge in [-0.1, -0.05) is 30.3 Å². The second kappa shape index (κ2) is 7.47. The number of nitrogens with one attached hydrogen (secondary N) is 1. The molecule has 136 valence electrons. The molecule has 2 aromatic carbocycles. The van der Waals surface area contributed by atoms with Crippen LogP contribution in [0.3, 0.4) is 0 Å². The highest BCUT2D eigenvalue weighted by Crippen LogP contribution is 2.51. The summed E-state index contributed by atoms with van der Waals surface area (Å²) in [4.78, 5) is 23.9. The average Bonchev–Trinajstić information content (AvgIpc) is 3.38. The Kier molecular flexibility index (Phi) is 5.11. The molecule has 3 rings (SSSR count). The molecule has 2 aromatic rings. The summed E-state index contributed by atoms with van der Waals surface area (Å²) in [6.07, 6.45) is 0.376. The van der Waals surface area contributed by atoms with Crippen LogP contribution >= 0.6 is 0 Å². The second-order valence-corrected chi connectivity index (χ2v) is 6.19. The van der Waals surface area contributed by atoms with Crippen LogP contribution in [0.1, 0.15) is 24.8 Å². The van der Waals surface area contributed by atoms with Gasteiger partial charge in [0.25, 0.3) is 5.91 Å². The number of hydrogen-bond acceptors (Lipinski definition) is 4. The predicted octanol–water partition coefficient (Wildman–Crippen LogP) is 2.59. The number of amides is 1. The summed E-state index contributed by atoms with van der Waals surface area (Å²) in [7, 11) is 0. The summed E-state index contributed by atoms with van der Waals surface area (Å²) < 4.78 is 10.8. The summed E-state index contributed by atoms with van der Waals surface area (Å²) in [5.74, 6) is -0.475. The number of hydrogen-bond donors (Lipinski definition) is 2. The van der Waals surface area contributed by atoms with Crippen molar-refractivity contribution >= 4 is 11.9 Å². The first-order valence-corrected chi connectivity index (χ1v) is 8.50. The number of carbonyl (C=O) groups excluding carboxylic acids is 1. The van der Waals surface area contributed by atoms with E-state index in [9.17, 15) is 14.7 Å². The van der Waals surface area contributed by atoms with Crippen molar-refractivity contribution in [3.05, 3.63) is 60.2 Å². The van der Waals surface area contributed by atoms with Crippen LogP contribution < -0.4 is 14.8 Å². The van der Waals surface area contributed by atoms with Crippen LogP contribution in [0.4, 0.5) is 0 Å². The van der Waals surface area contributed by atoms with Gasteiger partial charge in [-0.05, 0) is 43.2 Å². The van der Waals surface area contributed by atoms with Gasteiger partial charge in [-0.15, -0.1) is 0 Å². The Balaban J connectivity index is 1.57. The first kappa shape index (κ1) is 17.8. The van der Waals surface area contributed by atoms with Gasteiger partial charge < -0.3 is 19.9 Å². The molecule has 6 heteroatoms. The largest absolute Gasteiger partial charge is 0.494 e. The third-order valence-electron chi connectivity index (χ3n) is 4.41. The molecule has 1 fully saturated rings. The number of carboxylic acids is 1. The summed E-state index contributed by atoms with van der Waals surface area (Å²) in [5, 5.41) is 12.2. The van der Waals surface area contributed by atoms with Crippen LogP contribution in [-0.2, 0) is 9.59 Å². The number of benzene rings is 2. The van der Waals surface area contributed by atoms with Crippen molar-refractivity contribution in [3.8, 4) is 11.5 Å². The lowest BCUT2D eigenvalue weighted by molar-refractivity contribution is -0.143. The van der Waals surface area contributed by atoms with Crippen molar-refractivity contribution in [1.29, 1.82) is 0 Å². The van der Waals surface area contributed by atoms with Gasteiger partial charge in [0.05, 0.1) is 6.61 Å². The van der Waals surface area contributed by atoms with Crippen LogP contribution in [0.15, 0.2) is 54.6 Å². The minimum Gasteiger partial charge on any atom is -0.494 e. The van der Waals surface area contributed by atoms with Crippen molar-refractivity contribution in [1.82, 2.24) is 5.32 Å². The molecule has 0 saturated heterocycles. The lowest BCUT2D eigenvalue weighted by Crippen LogP contribution is -2.46. The molecule has 6 nitrogen and oxygen atoms in total. The quantitative estimate of drug-likeness (QED) is 0.760. The maximum absolute atomic E-state index is 12.2. The smallest absolute Gasteiger partial charge is 0.330 e. The lowest BCUT2D eigenvalue weighted by Gasteiger charge is -2.15. The molecule has 1 saturated carbocycles. The maximum Gasteiger partial charge on any atom is 0.330 e. The Morgan fingerprint density at radius 3 is 2.27 bits per heavy atom. The zero-order chi connectivity index (χ0) is 18.6. The highest BCUT2D eigenvalue weighted by Gasteiger charge is 2.62. The molecular weight excluding hydrogens is 334 g/mol. The minimum atomic E-state index is -1.25. The van der Waals surface area contributed by atoms with Gasteiger partial charge in [-0.2, -0.15) is 0 Å². The van der Waals surface area contributed by atoms with Crippen LogP contribution in [0.25, 0.3) is 0 Å². The van der Waals surface area contributed by atoms with Crippen molar-refractivity contribution in [3.63, 3.8) is 0 Å². The van der Waals surface area contributed by atoms with Crippen LogP contribution in [0.2, 0.25) is 0 Å². The first-order chi connectivity index (χ1) is 12.5. The second-order valence-electron chi connectivity index (χ2n) is 6.19. The minimum absolute atomic E-state index is 0.226. The molecule has 2 unspecified atom stereocenters. The molecule has 0 radical (unpaired) electrons. The highest BCUT2D eigenvalue weighted by atomic mass is 16.5. The maximum atomic E-state index is 12.2. The Hall–Kier alpha value is -3.02. The van der Waals surface area contributed by atoms with E-state index in [1.54, 1.807) is 24.3 Å². The Labute approximate surface area is 151 Å². The van der Waals surface area contributed by atoms with Gasteiger partial charge in [-0.3, -0.25) is 4.79 Å². The molecule has 26 heavy (non-hydrogen) atoms. The fraction of sp³-hybridized carbons (Fsp3) is 0.300. The van der Waals surface area contributed by atoms with Gasteiger partial charge in [0.1, 0.15) is 17.0 Å². The zero-order valence-electron chi connectivity index (χ0n) is 14.5. The summed E-state index contributed by atoms with van der Waals surface area (Å²) >= 11 is 0. The molecule has 0 aromatic heterocycles. The summed E-state index contributed by atoms with van der Waals surface area (Å²) in [6.45, 7) is 2.22. The average molecular weight is 355 g/mol. The zero-order valence-corrected chi connectivity index (χ0v) is 14.5. The van der Waals surface area contributed by atoms with Gasteiger partial charge in [0.2, 0.25) is 0 Å². The van der Waals surface area contributed by atoms with E-state index in [2.05, 4.69) is 5.32 Å². The molecule has 0 bridgehead atoms. The molecule has 1 amide bonds. The molecule has 2 atom stereocenters. The van der Waals surface area contributed by atoms with Crippen LogP contribution in [-0.4, -0.2) is 35.7 Å².